The average Bonchev–Trinajstić information content (AvgIpc) is 0.882. The minimum atomic E-state index is 0. The van der Waals surface area contributed by atoms with Crippen molar-refractivity contribution in [2.75, 3.05) is 0 Å². The molecule has 0 aliphatic heterocycles. The largest absolute Gasteiger partial charge is 0.0917 e. The van der Waals surface area contributed by atoms with Gasteiger partial charge in [0, 0.05) is 14.3 Å². The minimum absolute atomic E-state index is 0. The van der Waals surface area contributed by atoms with E-state index >= 15 is 0 Å². The molecule has 105 heavy (non-hydrogen) atoms. The van der Waals surface area contributed by atoms with Crippen LogP contribution in [0, 0.1) is 118 Å². The van der Waals surface area contributed by atoms with Gasteiger partial charge in [0.15, 0.2) is 0 Å². The van der Waals surface area contributed by atoms with Crippen LogP contribution in [0.1, 0.15) is 501 Å². The maximum absolute atomic E-state index is 2.38. The van der Waals surface area contributed by atoms with Crippen LogP contribution in [-0.2, 0) is 0 Å². The topological polar surface area (TPSA) is 0 Å². The summed E-state index contributed by atoms with van der Waals surface area (Å²) < 4.78 is 0. The Morgan fingerprint density at radius 2 is 0.343 bits per heavy atom. The van der Waals surface area contributed by atoms with Gasteiger partial charge in [-0.05, 0) is 346 Å². The van der Waals surface area contributed by atoms with Crippen LogP contribution in [0.3, 0.4) is 0 Å². The van der Waals surface area contributed by atoms with Gasteiger partial charge in [0.2, 0.25) is 0 Å². The average molecular weight is 1470 g/mol. The van der Waals surface area contributed by atoms with E-state index in [2.05, 4.69) is 130 Å². The first-order valence-electron chi connectivity index (χ1n) is 49.7. The Hall–Kier alpha value is -1.30. The predicted molar refractivity (Wildman–Crippen MR) is 493 cm³/mol. The van der Waals surface area contributed by atoms with Gasteiger partial charge in [0.1, 0.15) is 0 Å². The molecule has 0 bridgehead atoms. The molecule has 0 N–H and O–H groups in total. The molecule has 10 fully saturated rings. The molecule has 0 nitrogen and oxygen atoms in total. The van der Waals surface area contributed by atoms with Crippen LogP contribution in [0.2, 0.25) is 0 Å². The number of hydrogen-bond acceptors (Lipinski definition) is 0. The molecule has 10 aliphatic rings. The SMILES string of the molecule is C/C=C/CCC1CCC(C2CCC(CC)CC2)CC1.C/C=C/CCC1CCC(C2CCC(CCC)CC2)CC1.C/C=C/CCC1CCC(C2CCC(CCCC)CC2)CC1.C/C=C/CCC1CCC(C2CCC(CCCCC)CC2)CC1.C/C=C/CCC1CCC(C2CCC(CCCCCC)CC2)CC1.[HH].[HH].[HH].[HH].[HH].[HH].[HH].[HH].[HH].[HH]. The second-order valence-electron chi connectivity index (χ2n) is 39.2. The highest BCUT2D eigenvalue weighted by molar-refractivity contribution is 4.91. The lowest BCUT2D eigenvalue weighted by molar-refractivity contribution is 0.140. The first kappa shape index (κ1) is 92.6. The van der Waals surface area contributed by atoms with Gasteiger partial charge in [-0.1, -0.05) is 320 Å². The van der Waals surface area contributed by atoms with E-state index in [0.29, 0.717) is 0 Å². The Morgan fingerprint density at radius 1 is 0.171 bits per heavy atom. The summed E-state index contributed by atoms with van der Waals surface area (Å²) in [5, 5.41) is 0. The fraction of sp³-hybridized carbons (Fsp3) is 0.905. The summed E-state index contributed by atoms with van der Waals surface area (Å²) in [5.74, 6) is 21.5. The summed E-state index contributed by atoms with van der Waals surface area (Å²) in [6.45, 7) is 22.4. The minimum Gasteiger partial charge on any atom is -0.0917 e. The lowest BCUT2D eigenvalue weighted by Gasteiger charge is -2.38. The van der Waals surface area contributed by atoms with E-state index in [1.807, 2.05) is 0 Å². The molecule has 0 aromatic carbocycles. The number of hydrogen-bond donors (Lipinski definition) is 0. The van der Waals surface area contributed by atoms with Crippen LogP contribution < -0.4 is 0 Å². The Morgan fingerprint density at radius 3 is 0.533 bits per heavy atom. The molecule has 0 aromatic heterocycles. The van der Waals surface area contributed by atoms with Crippen molar-refractivity contribution in [1.82, 2.24) is 0 Å². The highest BCUT2D eigenvalue weighted by Crippen LogP contribution is 2.49. The van der Waals surface area contributed by atoms with E-state index < -0.39 is 0 Å². The van der Waals surface area contributed by atoms with Crippen molar-refractivity contribution in [3.8, 4) is 0 Å². The highest BCUT2D eigenvalue weighted by atomic mass is 14.4. The molecule has 0 heterocycles. The molecule has 0 unspecified atom stereocenters. The van der Waals surface area contributed by atoms with Crippen LogP contribution in [0.15, 0.2) is 60.8 Å². The molecule has 630 valence electrons. The number of unbranched alkanes of at least 4 members (excludes halogenated alkanes) is 6. The second kappa shape index (κ2) is 59.4. The summed E-state index contributed by atoms with van der Waals surface area (Å²) in [6, 6.07) is 0. The fourth-order valence-corrected chi connectivity index (χ4v) is 24.5. The molecular formula is C105H210. The first-order valence-corrected chi connectivity index (χ1v) is 49.7. The summed E-state index contributed by atoms with van der Waals surface area (Å²) in [4.78, 5) is 0. The zero-order valence-corrected chi connectivity index (χ0v) is 73.3. The first-order chi connectivity index (χ1) is 51.7. The summed E-state index contributed by atoms with van der Waals surface area (Å²) >= 11 is 0. The molecule has 0 heteroatoms. The van der Waals surface area contributed by atoms with E-state index in [-0.39, 0.29) is 14.3 Å². The number of rotatable bonds is 35. The van der Waals surface area contributed by atoms with Gasteiger partial charge in [-0.15, -0.1) is 0 Å². The Labute approximate surface area is 676 Å². The van der Waals surface area contributed by atoms with Crippen LogP contribution in [0.5, 0.6) is 0 Å². The molecule has 0 radical (unpaired) electrons. The Balaban J connectivity index is -0.000000430. The molecule has 0 aromatic rings. The maximum atomic E-state index is 2.38. The maximum Gasteiger partial charge on any atom is 0 e. The molecule has 0 saturated heterocycles. The smallest absolute Gasteiger partial charge is 0 e. The molecular weight excluding hydrogens is 1260 g/mol. The van der Waals surface area contributed by atoms with E-state index in [4.69, 9.17) is 0 Å². The monoisotopic (exact) mass is 1470 g/mol. The third-order valence-corrected chi connectivity index (χ3v) is 32.1. The third kappa shape index (κ3) is 38.9. The van der Waals surface area contributed by atoms with Gasteiger partial charge in [-0.25, -0.2) is 0 Å². The Kier molecular flexibility index (Phi) is 52.4. The van der Waals surface area contributed by atoms with Crippen LogP contribution in [-0.4, -0.2) is 0 Å². The summed E-state index contributed by atoms with van der Waals surface area (Å²) in [5.41, 5.74) is 0. The van der Waals surface area contributed by atoms with Gasteiger partial charge in [0.25, 0.3) is 0 Å². The van der Waals surface area contributed by atoms with Gasteiger partial charge < -0.3 is 0 Å². The van der Waals surface area contributed by atoms with E-state index in [1.165, 1.54) is 238 Å². The second-order valence-corrected chi connectivity index (χ2v) is 39.2. The molecule has 0 atom stereocenters. The van der Waals surface area contributed by atoms with Crippen molar-refractivity contribution in [2.24, 2.45) is 118 Å². The van der Waals surface area contributed by atoms with E-state index in [9.17, 15) is 0 Å². The van der Waals surface area contributed by atoms with Crippen LogP contribution in [0.25, 0.3) is 0 Å². The number of allylic oxidation sites excluding steroid dienone is 10. The lowest BCUT2D eigenvalue weighted by Crippen LogP contribution is -2.25. The Bertz CT molecular complexity index is 2120. The van der Waals surface area contributed by atoms with E-state index in [0.717, 1.165) is 118 Å². The fourth-order valence-electron chi connectivity index (χ4n) is 24.5. The predicted octanol–water partition coefficient (Wildman–Crippen LogP) is 38.2. The van der Waals surface area contributed by atoms with Crippen molar-refractivity contribution in [2.45, 2.75) is 487 Å². The molecule has 0 spiro atoms. The normalized spacial score (nSPS) is 34.4. The van der Waals surface area contributed by atoms with Gasteiger partial charge in [0.05, 0.1) is 0 Å². The van der Waals surface area contributed by atoms with Crippen molar-refractivity contribution in [1.29, 1.82) is 0 Å². The molecule has 10 rings (SSSR count). The van der Waals surface area contributed by atoms with Crippen molar-refractivity contribution < 1.29 is 14.3 Å². The van der Waals surface area contributed by atoms with Gasteiger partial charge >= 0.3 is 0 Å². The standard InChI is InChI=1S/C23H42.C22H40.C21H38.C20H36.C19H34.10H2/c1-3-5-7-9-11-21-14-18-23(19-15-21)22-16-12-20(13-17-22)10-8-6-4-2;1-3-5-7-9-19-11-15-21(16-12-19)22-17-13-20(14-18-22)10-8-6-4-2;1-3-5-7-9-19-12-16-21(17-13-19)20-14-10-18(11-15-20)8-6-4-2;1-3-5-6-8-18-11-15-20(16-12-18)19-13-9-17(7-4-2)10-14-19;1-3-5-6-7-17-10-14-19(15-11-17)18-12-8-16(4-2)9-13-18;;;;;;;;;;/h4,6,20-23H,3,5,7-19H2,1-2H3;3,5,19-22H,4,6-18H2,1-2H3;3,5,18-21H,4,6-17H2,1-2H3;3,5,17-20H,4,6-16H2,1-2H3;3,5,16-19H,4,6-15H2,1-2H3;10*1H/b6-4+;4*5-3+;;;;;;;;;;. The summed E-state index contributed by atoms with van der Waals surface area (Å²) in [7, 11) is 0. The molecule has 0 amide bonds. The molecule has 10 aliphatic carbocycles. The molecule has 10 saturated carbocycles. The van der Waals surface area contributed by atoms with Crippen molar-refractivity contribution in [3.05, 3.63) is 60.8 Å². The summed E-state index contributed by atoms with van der Waals surface area (Å²) in [6.07, 6.45) is 120. The van der Waals surface area contributed by atoms with Gasteiger partial charge in [-0.2, -0.15) is 0 Å². The van der Waals surface area contributed by atoms with Gasteiger partial charge in [-0.3, -0.25) is 0 Å². The quantitative estimate of drug-likeness (QED) is 0.0438. The third-order valence-electron chi connectivity index (χ3n) is 32.1. The lowest BCUT2D eigenvalue weighted by atomic mass is 9.68. The van der Waals surface area contributed by atoms with Crippen molar-refractivity contribution in [3.63, 3.8) is 0 Å². The zero-order chi connectivity index (χ0) is 74.6. The van der Waals surface area contributed by atoms with Crippen LogP contribution in [0.4, 0.5) is 0 Å². The highest BCUT2D eigenvalue weighted by Gasteiger charge is 2.36. The van der Waals surface area contributed by atoms with E-state index in [1.54, 1.807) is 180 Å². The zero-order valence-electron chi connectivity index (χ0n) is 73.3. The van der Waals surface area contributed by atoms with Crippen molar-refractivity contribution >= 4 is 0 Å². The van der Waals surface area contributed by atoms with Crippen LogP contribution >= 0.6 is 0 Å².